The summed E-state index contributed by atoms with van der Waals surface area (Å²) in [7, 11) is 0. The molecule has 5 nitrogen and oxygen atoms in total. The number of allylic oxidation sites excluding steroid dienone is 6. The van der Waals surface area contributed by atoms with Crippen LogP contribution in [0, 0.1) is 0 Å². The number of hydrogen-bond donors (Lipinski definition) is 0. The lowest BCUT2D eigenvalue weighted by Crippen LogP contribution is -2.30. The molecule has 0 aromatic rings. The lowest BCUT2D eigenvalue weighted by Gasteiger charge is -2.18. The van der Waals surface area contributed by atoms with Gasteiger partial charge in [0.2, 0.25) is 0 Å². The summed E-state index contributed by atoms with van der Waals surface area (Å²) < 4.78 is 17.4. The molecule has 0 amide bonds. The molecular formula is C55H102O5. The van der Waals surface area contributed by atoms with E-state index in [1.165, 1.54) is 180 Å². The van der Waals surface area contributed by atoms with Gasteiger partial charge in [0.05, 0.1) is 6.61 Å². The van der Waals surface area contributed by atoms with Crippen molar-refractivity contribution in [1.82, 2.24) is 0 Å². The van der Waals surface area contributed by atoms with E-state index >= 15 is 0 Å². The Bertz CT molecular complexity index is 955. The summed E-state index contributed by atoms with van der Waals surface area (Å²) in [6.45, 7) is 7.74. The van der Waals surface area contributed by atoms with Crippen LogP contribution in [0.4, 0.5) is 0 Å². The predicted octanol–water partition coefficient (Wildman–Crippen LogP) is 17.8. The Morgan fingerprint density at radius 3 is 1.20 bits per heavy atom. The first-order valence-corrected chi connectivity index (χ1v) is 26.5. The molecule has 1 atom stereocenters. The summed E-state index contributed by atoms with van der Waals surface area (Å²) in [5.74, 6) is -0.414. The van der Waals surface area contributed by atoms with Crippen LogP contribution < -0.4 is 0 Å². The van der Waals surface area contributed by atoms with Gasteiger partial charge >= 0.3 is 11.9 Å². The van der Waals surface area contributed by atoms with Crippen LogP contribution in [0.5, 0.6) is 0 Å². The number of carbonyl (C=O) groups excluding carboxylic acids is 2. The molecule has 0 N–H and O–H groups in total. The minimum Gasteiger partial charge on any atom is -0.462 e. The summed E-state index contributed by atoms with van der Waals surface area (Å²) in [4.78, 5) is 25.4. The first-order valence-electron chi connectivity index (χ1n) is 26.5. The molecule has 0 aliphatic heterocycles. The molecule has 352 valence electrons. The zero-order valence-corrected chi connectivity index (χ0v) is 40.5. The van der Waals surface area contributed by atoms with Crippen LogP contribution in [-0.4, -0.2) is 37.9 Å². The number of rotatable bonds is 49. The Morgan fingerprint density at radius 2 is 0.750 bits per heavy atom. The van der Waals surface area contributed by atoms with Crippen LogP contribution in [0.1, 0.15) is 278 Å². The van der Waals surface area contributed by atoms with Gasteiger partial charge in [-0.15, -0.1) is 0 Å². The van der Waals surface area contributed by atoms with Gasteiger partial charge in [-0.1, -0.05) is 250 Å². The average molecular weight is 843 g/mol. The normalized spacial score (nSPS) is 12.4. The van der Waals surface area contributed by atoms with Gasteiger partial charge in [0.15, 0.2) is 6.10 Å². The van der Waals surface area contributed by atoms with Gasteiger partial charge in [0, 0.05) is 19.4 Å². The molecule has 1 unspecified atom stereocenters. The van der Waals surface area contributed by atoms with Crippen LogP contribution in [0.3, 0.4) is 0 Å². The molecule has 0 aliphatic rings. The summed E-state index contributed by atoms with van der Waals surface area (Å²) in [6.07, 6.45) is 61.6. The number of unbranched alkanes of at least 4 members (excludes halogenated alkanes) is 32. The van der Waals surface area contributed by atoms with Crippen LogP contribution in [0.2, 0.25) is 0 Å². The van der Waals surface area contributed by atoms with Crippen molar-refractivity contribution in [3.8, 4) is 0 Å². The highest BCUT2D eigenvalue weighted by Gasteiger charge is 2.17. The van der Waals surface area contributed by atoms with E-state index in [0.29, 0.717) is 19.4 Å². The lowest BCUT2D eigenvalue weighted by molar-refractivity contribution is -0.163. The second kappa shape index (κ2) is 51.5. The Balaban J connectivity index is 4.24. The third-order valence-corrected chi connectivity index (χ3v) is 11.7. The molecule has 0 bridgehead atoms. The zero-order chi connectivity index (χ0) is 43.5. The maximum absolute atomic E-state index is 12.8. The standard InChI is InChI=1S/C55H102O5/c1-4-7-10-13-16-19-22-25-27-29-32-35-38-41-44-47-50-58-51-53(60-55(57)49-46-43-40-37-34-30-24-21-18-15-12-9-6-3)52-59-54(56)48-45-42-39-36-33-31-28-26-23-20-17-14-11-8-5-2/h9,12,18,21,30,34,53H,4-8,10-11,13-17,19-20,22-29,31-33,35-52H2,1-3H3/b12-9-,21-18-,34-30-. The molecule has 0 rings (SSSR count). The van der Waals surface area contributed by atoms with E-state index in [4.69, 9.17) is 14.2 Å². The molecule has 5 heteroatoms. The molecule has 0 aliphatic carbocycles. The van der Waals surface area contributed by atoms with Gasteiger partial charge in [-0.2, -0.15) is 0 Å². The predicted molar refractivity (Wildman–Crippen MR) is 261 cm³/mol. The minimum atomic E-state index is -0.544. The molecule has 0 fully saturated rings. The fourth-order valence-corrected chi connectivity index (χ4v) is 7.76. The number of esters is 2. The lowest BCUT2D eigenvalue weighted by atomic mass is 10.0. The first-order chi connectivity index (χ1) is 29.6. The van der Waals surface area contributed by atoms with E-state index in [9.17, 15) is 9.59 Å². The molecule has 0 radical (unpaired) electrons. The van der Waals surface area contributed by atoms with E-state index in [0.717, 1.165) is 64.2 Å². The Kier molecular flexibility index (Phi) is 49.9. The number of ether oxygens (including phenoxy) is 3. The fraction of sp³-hybridized carbons (Fsp3) is 0.855. The second-order valence-corrected chi connectivity index (χ2v) is 17.8. The van der Waals surface area contributed by atoms with Crippen molar-refractivity contribution in [1.29, 1.82) is 0 Å². The molecule has 0 aromatic carbocycles. The number of carbonyl (C=O) groups is 2. The van der Waals surface area contributed by atoms with E-state index in [1.807, 2.05) is 0 Å². The third kappa shape index (κ3) is 48.8. The van der Waals surface area contributed by atoms with Gasteiger partial charge in [0.1, 0.15) is 6.61 Å². The Morgan fingerprint density at radius 1 is 0.383 bits per heavy atom. The quantitative estimate of drug-likeness (QED) is 0.0347. The maximum Gasteiger partial charge on any atom is 0.306 e. The van der Waals surface area contributed by atoms with Crippen LogP contribution >= 0.6 is 0 Å². The van der Waals surface area contributed by atoms with E-state index < -0.39 is 6.10 Å². The van der Waals surface area contributed by atoms with Gasteiger partial charge in [0.25, 0.3) is 0 Å². The van der Waals surface area contributed by atoms with Crippen LogP contribution in [-0.2, 0) is 23.8 Å². The molecule has 0 heterocycles. The highest BCUT2D eigenvalue weighted by molar-refractivity contribution is 5.70. The van der Waals surface area contributed by atoms with Gasteiger partial charge in [-0.3, -0.25) is 9.59 Å². The topological polar surface area (TPSA) is 61.8 Å². The average Bonchev–Trinajstić information content (AvgIpc) is 3.25. The molecule has 0 saturated heterocycles. The van der Waals surface area contributed by atoms with Crippen molar-refractivity contribution in [2.45, 2.75) is 284 Å². The van der Waals surface area contributed by atoms with Crippen molar-refractivity contribution >= 4 is 11.9 Å². The largest absolute Gasteiger partial charge is 0.462 e. The van der Waals surface area contributed by atoms with E-state index in [-0.39, 0.29) is 25.2 Å². The van der Waals surface area contributed by atoms with Crippen molar-refractivity contribution in [3.05, 3.63) is 36.5 Å². The summed E-state index contributed by atoms with van der Waals surface area (Å²) >= 11 is 0. The SMILES string of the molecule is CC/C=C\C/C=C\C/C=C\CCCCCC(=O)OC(COCCCCCCCCCCCCCCCCCC)COC(=O)CCCCCCCCCCCCCCCCC. The summed E-state index contributed by atoms with van der Waals surface area (Å²) in [6, 6.07) is 0. The van der Waals surface area contributed by atoms with Crippen LogP contribution in [0.25, 0.3) is 0 Å². The van der Waals surface area contributed by atoms with Gasteiger partial charge in [-0.25, -0.2) is 0 Å². The van der Waals surface area contributed by atoms with Gasteiger partial charge in [-0.05, 0) is 51.4 Å². The van der Waals surface area contributed by atoms with Crippen molar-refractivity contribution in [3.63, 3.8) is 0 Å². The van der Waals surface area contributed by atoms with Gasteiger partial charge < -0.3 is 14.2 Å². The Hall–Kier alpha value is -1.88. The fourth-order valence-electron chi connectivity index (χ4n) is 7.76. The number of hydrogen-bond acceptors (Lipinski definition) is 5. The zero-order valence-electron chi connectivity index (χ0n) is 40.5. The van der Waals surface area contributed by atoms with Crippen molar-refractivity contribution in [2.24, 2.45) is 0 Å². The highest BCUT2D eigenvalue weighted by Crippen LogP contribution is 2.16. The molecule has 0 saturated carbocycles. The smallest absolute Gasteiger partial charge is 0.306 e. The van der Waals surface area contributed by atoms with Crippen molar-refractivity contribution < 1.29 is 23.8 Å². The third-order valence-electron chi connectivity index (χ3n) is 11.7. The molecular weight excluding hydrogens is 741 g/mol. The minimum absolute atomic E-state index is 0.0798. The monoisotopic (exact) mass is 843 g/mol. The molecule has 0 spiro atoms. The Labute approximate surface area is 374 Å². The molecule has 60 heavy (non-hydrogen) atoms. The van der Waals surface area contributed by atoms with E-state index in [2.05, 4.69) is 57.2 Å². The second-order valence-electron chi connectivity index (χ2n) is 17.8. The summed E-state index contributed by atoms with van der Waals surface area (Å²) in [5, 5.41) is 0. The van der Waals surface area contributed by atoms with Crippen molar-refractivity contribution in [2.75, 3.05) is 19.8 Å². The van der Waals surface area contributed by atoms with E-state index in [1.54, 1.807) is 0 Å². The highest BCUT2D eigenvalue weighted by atomic mass is 16.6. The molecule has 0 aromatic heterocycles. The van der Waals surface area contributed by atoms with Crippen LogP contribution in [0.15, 0.2) is 36.5 Å². The first kappa shape index (κ1) is 58.1. The maximum atomic E-state index is 12.8. The summed E-state index contributed by atoms with van der Waals surface area (Å²) in [5.41, 5.74) is 0.